The average Bonchev–Trinajstić information content (AvgIpc) is 2.86. The molecule has 0 saturated heterocycles. The first-order chi connectivity index (χ1) is 10.2. The number of aromatic nitrogens is 2. The SMILES string of the molecule is CCOc1ccc(-n2c(CCl)nc3cc(Cl)ccc32)cc1. The quantitative estimate of drug-likeness (QED) is 0.644. The van der Waals surface area contributed by atoms with E-state index in [1.54, 1.807) is 0 Å². The number of alkyl halides is 1. The minimum absolute atomic E-state index is 0.333. The van der Waals surface area contributed by atoms with Gasteiger partial charge in [-0.2, -0.15) is 0 Å². The minimum atomic E-state index is 0.333. The van der Waals surface area contributed by atoms with E-state index in [4.69, 9.17) is 27.9 Å². The van der Waals surface area contributed by atoms with Crippen molar-refractivity contribution < 1.29 is 4.74 Å². The van der Waals surface area contributed by atoms with Crippen LogP contribution in [-0.2, 0) is 5.88 Å². The van der Waals surface area contributed by atoms with Crippen LogP contribution in [0.1, 0.15) is 12.7 Å². The maximum Gasteiger partial charge on any atom is 0.129 e. The summed E-state index contributed by atoms with van der Waals surface area (Å²) in [6.07, 6.45) is 0. The molecule has 0 aliphatic heterocycles. The van der Waals surface area contributed by atoms with Gasteiger partial charge in [0.15, 0.2) is 0 Å². The van der Waals surface area contributed by atoms with Gasteiger partial charge in [-0.1, -0.05) is 11.6 Å². The molecule has 0 bridgehead atoms. The highest BCUT2D eigenvalue weighted by Crippen LogP contribution is 2.26. The zero-order chi connectivity index (χ0) is 14.8. The van der Waals surface area contributed by atoms with E-state index >= 15 is 0 Å². The Balaban J connectivity index is 2.13. The molecule has 108 valence electrons. The van der Waals surface area contributed by atoms with E-state index < -0.39 is 0 Å². The van der Waals surface area contributed by atoms with E-state index in [1.165, 1.54) is 0 Å². The third-order valence-corrected chi connectivity index (χ3v) is 3.69. The molecule has 0 fully saturated rings. The number of benzene rings is 2. The molecule has 1 heterocycles. The van der Waals surface area contributed by atoms with E-state index in [9.17, 15) is 0 Å². The first-order valence-electron chi connectivity index (χ1n) is 6.69. The first kappa shape index (κ1) is 14.2. The molecule has 0 amide bonds. The number of hydrogen-bond acceptors (Lipinski definition) is 2. The van der Waals surface area contributed by atoms with Gasteiger partial charge in [0.25, 0.3) is 0 Å². The van der Waals surface area contributed by atoms with Crippen molar-refractivity contribution in [3.8, 4) is 11.4 Å². The van der Waals surface area contributed by atoms with Gasteiger partial charge in [-0.3, -0.25) is 4.57 Å². The average molecular weight is 321 g/mol. The largest absolute Gasteiger partial charge is 0.494 e. The summed E-state index contributed by atoms with van der Waals surface area (Å²) < 4.78 is 7.51. The number of hydrogen-bond donors (Lipinski definition) is 0. The number of nitrogens with zero attached hydrogens (tertiary/aromatic N) is 2. The highest BCUT2D eigenvalue weighted by atomic mass is 35.5. The smallest absolute Gasteiger partial charge is 0.129 e. The third-order valence-electron chi connectivity index (χ3n) is 3.21. The van der Waals surface area contributed by atoms with Crippen LogP contribution < -0.4 is 4.74 Å². The van der Waals surface area contributed by atoms with E-state index in [0.717, 1.165) is 28.3 Å². The Bertz CT molecular complexity index is 766. The van der Waals surface area contributed by atoms with Gasteiger partial charge in [0.1, 0.15) is 11.6 Å². The second-order valence-corrected chi connectivity index (χ2v) is 5.26. The Morgan fingerprint density at radius 3 is 2.57 bits per heavy atom. The summed E-state index contributed by atoms with van der Waals surface area (Å²) in [5, 5.41) is 0.667. The van der Waals surface area contributed by atoms with E-state index in [1.807, 2.05) is 54.0 Å². The monoisotopic (exact) mass is 320 g/mol. The van der Waals surface area contributed by atoms with Crippen molar-refractivity contribution >= 4 is 34.2 Å². The van der Waals surface area contributed by atoms with Crippen molar-refractivity contribution in [2.45, 2.75) is 12.8 Å². The lowest BCUT2D eigenvalue weighted by Gasteiger charge is -2.09. The molecule has 0 saturated carbocycles. The fourth-order valence-electron chi connectivity index (χ4n) is 2.34. The zero-order valence-corrected chi connectivity index (χ0v) is 13.0. The molecule has 1 aromatic heterocycles. The van der Waals surface area contributed by atoms with Gasteiger partial charge in [0, 0.05) is 10.7 Å². The molecular formula is C16H14Cl2N2O. The Morgan fingerprint density at radius 1 is 1.14 bits per heavy atom. The molecule has 0 radical (unpaired) electrons. The van der Waals surface area contributed by atoms with Crippen LogP contribution >= 0.6 is 23.2 Å². The summed E-state index contributed by atoms with van der Waals surface area (Å²) in [4.78, 5) is 4.54. The summed E-state index contributed by atoms with van der Waals surface area (Å²) >= 11 is 12.1. The molecule has 5 heteroatoms. The molecule has 0 aliphatic rings. The van der Waals surface area contributed by atoms with Crippen LogP contribution in [0.5, 0.6) is 5.75 Å². The number of rotatable bonds is 4. The van der Waals surface area contributed by atoms with Crippen molar-refractivity contribution in [1.29, 1.82) is 0 Å². The highest BCUT2D eigenvalue weighted by Gasteiger charge is 2.12. The molecule has 0 spiro atoms. The number of imidazole rings is 1. The van der Waals surface area contributed by atoms with E-state index in [0.29, 0.717) is 17.5 Å². The fraction of sp³-hybridized carbons (Fsp3) is 0.188. The van der Waals surface area contributed by atoms with Gasteiger partial charge >= 0.3 is 0 Å². The van der Waals surface area contributed by atoms with Gasteiger partial charge in [-0.05, 0) is 49.4 Å². The predicted octanol–water partition coefficient (Wildman–Crippen LogP) is 4.82. The van der Waals surface area contributed by atoms with Crippen LogP contribution in [0.25, 0.3) is 16.7 Å². The molecule has 0 aliphatic carbocycles. The van der Waals surface area contributed by atoms with Crippen molar-refractivity contribution in [2.75, 3.05) is 6.61 Å². The van der Waals surface area contributed by atoms with Gasteiger partial charge < -0.3 is 4.74 Å². The molecule has 3 nitrogen and oxygen atoms in total. The maximum absolute atomic E-state index is 6.03. The molecule has 2 aromatic carbocycles. The predicted molar refractivity (Wildman–Crippen MR) is 86.8 cm³/mol. The third kappa shape index (κ3) is 2.71. The highest BCUT2D eigenvalue weighted by molar-refractivity contribution is 6.31. The van der Waals surface area contributed by atoms with Crippen LogP contribution in [0.15, 0.2) is 42.5 Å². The topological polar surface area (TPSA) is 27.1 Å². The molecule has 21 heavy (non-hydrogen) atoms. The maximum atomic E-state index is 6.03. The van der Waals surface area contributed by atoms with Crippen molar-refractivity contribution in [3.63, 3.8) is 0 Å². The Kier molecular flexibility index (Phi) is 4.04. The number of halogens is 2. The van der Waals surface area contributed by atoms with E-state index in [-0.39, 0.29) is 0 Å². The Labute approximate surface area is 133 Å². The lowest BCUT2D eigenvalue weighted by Crippen LogP contribution is -1.99. The van der Waals surface area contributed by atoms with Crippen LogP contribution in [0.4, 0.5) is 0 Å². The molecule has 0 unspecified atom stereocenters. The van der Waals surface area contributed by atoms with Gasteiger partial charge in [0.05, 0.1) is 23.5 Å². The summed E-state index contributed by atoms with van der Waals surface area (Å²) in [7, 11) is 0. The molecular weight excluding hydrogens is 307 g/mol. The van der Waals surface area contributed by atoms with Gasteiger partial charge in [-0.15, -0.1) is 11.6 Å². The standard InChI is InChI=1S/C16H14Cl2N2O/c1-2-21-13-6-4-12(5-7-13)20-15-8-3-11(18)9-14(15)19-16(20)10-17/h3-9H,2,10H2,1H3. The lowest BCUT2D eigenvalue weighted by atomic mass is 10.2. The molecule has 0 N–H and O–H groups in total. The van der Waals surface area contributed by atoms with Crippen LogP contribution in [0.2, 0.25) is 5.02 Å². The van der Waals surface area contributed by atoms with Crippen LogP contribution in [0, 0.1) is 0 Å². The lowest BCUT2D eigenvalue weighted by molar-refractivity contribution is 0.340. The Morgan fingerprint density at radius 2 is 1.90 bits per heavy atom. The fourth-order valence-corrected chi connectivity index (χ4v) is 2.68. The van der Waals surface area contributed by atoms with Crippen molar-refractivity contribution in [3.05, 3.63) is 53.3 Å². The number of fused-ring (bicyclic) bond motifs is 1. The first-order valence-corrected chi connectivity index (χ1v) is 7.60. The van der Waals surface area contributed by atoms with Crippen molar-refractivity contribution in [2.24, 2.45) is 0 Å². The second-order valence-electron chi connectivity index (χ2n) is 4.56. The molecule has 3 rings (SSSR count). The Hall–Kier alpha value is -1.71. The zero-order valence-electron chi connectivity index (χ0n) is 11.5. The van der Waals surface area contributed by atoms with Gasteiger partial charge in [-0.25, -0.2) is 4.98 Å². The molecule has 3 aromatic rings. The van der Waals surface area contributed by atoms with Crippen LogP contribution in [0.3, 0.4) is 0 Å². The van der Waals surface area contributed by atoms with E-state index in [2.05, 4.69) is 4.98 Å². The normalized spacial score (nSPS) is 11.0. The second kappa shape index (κ2) is 5.96. The summed E-state index contributed by atoms with van der Waals surface area (Å²) in [5.74, 6) is 1.97. The van der Waals surface area contributed by atoms with Gasteiger partial charge in [0.2, 0.25) is 0 Å². The summed E-state index contributed by atoms with van der Waals surface area (Å²) in [6.45, 7) is 2.62. The number of ether oxygens (including phenoxy) is 1. The van der Waals surface area contributed by atoms with Crippen molar-refractivity contribution in [1.82, 2.24) is 9.55 Å². The molecule has 0 atom stereocenters. The summed E-state index contributed by atoms with van der Waals surface area (Å²) in [6, 6.07) is 13.5. The minimum Gasteiger partial charge on any atom is -0.494 e. The summed E-state index contributed by atoms with van der Waals surface area (Å²) in [5.41, 5.74) is 2.82. The van der Waals surface area contributed by atoms with Crippen LogP contribution in [-0.4, -0.2) is 16.2 Å².